The zero-order valence-electron chi connectivity index (χ0n) is 8.65. The lowest BCUT2D eigenvalue weighted by Gasteiger charge is -2.04. The second-order valence-electron chi connectivity index (χ2n) is 3.38. The largest absolute Gasteiger partial charge is 0.358 e. The van der Waals surface area contributed by atoms with Crippen molar-refractivity contribution >= 4 is 5.91 Å². The number of carbonyl (C=O) groups excluding carboxylic acids is 1. The number of likely N-dealkylation sites (N-methyl/N-ethyl adjacent to an activating group) is 1. The van der Waals surface area contributed by atoms with Crippen LogP contribution in [-0.4, -0.2) is 22.1 Å². The van der Waals surface area contributed by atoms with Crippen LogP contribution in [0.4, 0.5) is 0 Å². The van der Waals surface area contributed by atoms with Gasteiger partial charge in [0.2, 0.25) is 5.91 Å². The van der Waals surface area contributed by atoms with Crippen LogP contribution in [0, 0.1) is 0 Å². The minimum atomic E-state index is -0.173. The minimum absolute atomic E-state index is 0.0784. The zero-order chi connectivity index (χ0) is 10.7. The number of carbonyl (C=O) groups is 1. The minimum Gasteiger partial charge on any atom is -0.358 e. The molecule has 5 nitrogen and oxygen atoms in total. The Kier molecular flexibility index (Phi) is 3.11. The summed E-state index contributed by atoms with van der Waals surface area (Å²) in [6, 6.07) is 0.119. The van der Waals surface area contributed by atoms with Crippen LogP contribution in [0.15, 0.2) is 17.2 Å². The van der Waals surface area contributed by atoms with Crippen molar-refractivity contribution in [3.8, 4) is 0 Å². The van der Waals surface area contributed by atoms with Gasteiger partial charge in [-0.2, -0.15) is 0 Å². The molecule has 0 unspecified atom stereocenters. The van der Waals surface area contributed by atoms with Crippen LogP contribution in [-0.2, 0) is 11.3 Å². The van der Waals surface area contributed by atoms with Crippen molar-refractivity contribution < 1.29 is 4.79 Å². The normalized spacial score (nSPS) is 10.6. The second kappa shape index (κ2) is 4.13. The summed E-state index contributed by atoms with van der Waals surface area (Å²) in [7, 11) is 1.55. The zero-order valence-corrected chi connectivity index (χ0v) is 8.65. The molecule has 0 aromatic carbocycles. The number of nitrogens with one attached hydrogen (secondary N) is 1. The van der Waals surface area contributed by atoms with E-state index in [-0.39, 0.29) is 24.2 Å². The number of amides is 1. The third-order valence-electron chi connectivity index (χ3n) is 2.02. The molecule has 0 bridgehead atoms. The lowest BCUT2D eigenvalue weighted by atomic mass is 10.4. The van der Waals surface area contributed by atoms with Crippen LogP contribution >= 0.6 is 0 Å². The summed E-state index contributed by atoms with van der Waals surface area (Å²) in [5, 5.41) is 2.47. The second-order valence-corrected chi connectivity index (χ2v) is 3.38. The highest BCUT2D eigenvalue weighted by molar-refractivity contribution is 5.75. The molecular weight excluding hydrogens is 182 g/mol. The fourth-order valence-electron chi connectivity index (χ4n) is 1.18. The Hall–Kier alpha value is -1.52. The molecule has 14 heavy (non-hydrogen) atoms. The van der Waals surface area contributed by atoms with E-state index in [4.69, 9.17) is 0 Å². The molecule has 78 valence electrons. The number of hydrogen-bond acceptors (Lipinski definition) is 2. The fourth-order valence-corrected chi connectivity index (χ4v) is 1.18. The molecule has 0 spiro atoms. The highest BCUT2D eigenvalue weighted by atomic mass is 16.2. The van der Waals surface area contributed by atoms with E-state index in [1.54, 1.807) is 24.0 Å². The van der Waals surface area contributed by atoms with Gasteiger partial charge in [0.15, 0.2) is 0 Å². The van der Waals surface area contributed by atoms with Crippen molar-refractivity contribution in [3.05, 3.63) is 22.9 Å². The van der Waals surface area contributed by atoms with E-state index < -0.39 is 0 Å². The van der Waals surface area contributed by atoms with Gasteiger partial charge in [-0.1, -0.05) is 0 Å². The topological polar surface area (TPSA) is 56.0 Å². The van der Waals surface area contributed by atoms with E-state index in [0.29, 0.717) is 0 Å². The van der Waals surface area contributed by atoms with Crippen LogP contribution in [0.1, 0.15) is 19.9 Å². The fraction of sp³-hybridized carbons (Fsp3) is 0.556. The van der Waals surface area contributed by atoms with Gasteiger partial charge in [0, 0.05) is 25.5 Å². The van der Waals surface area contributed by atoms with Gasteiger partial charge in [0.1, 0.15) is 6.54 Å². The number of nitrogens with zero attached hydrogens (tertiary/aromatic N) is 2. The first-order valence-electron chi connectivity index (χ1n) is 4.54. The first-order chi connectivity index (χ1) is 6.56. The highest BCUT2D eigenvalue weighted by Gasteiger charge is 2.07. The quantitative estimate of drug-likeness (QED) is 0.740. The van der Waals surface area contributed by atoms with E-state index in [1.165, 1.54) is 4.57 Å². The third-order valence-corrected chi connectivity index (χ3v) is 2.02. The van der Waals surface area contributed by atoms with Crippen molar-refractivity contribution in [2.24, 2.45) is 0 Å². The lowest BCUT2D eigenvalue weighted by molar-refractivity contribution is -0.121. The Bertz CT molecular complexity index is 376. The van der Waals surface area contributed by atoms with Crippen molar-refractivity contribution in [2.75, 3.05) is 7.05 Å². The maximum absolute atomic E-state index is 11.6. The van der Waals surface area contributed by atoms with E-state index >= 15 is 0 Å². The average molecular weight is 197 g/mol. The maximum atomic E-state index is 11.6. The Morgan fingerprint density at radius 1 is 1.50 bits per heavy atom. The summed E-state index contributed by atoms with van der Waals surface area (Å²) >= 11 is 0. The Labute approximate surface area is 82.3 Å². The molecule has 0 fully saturated rings. The predicted molar refractivity (Wildman–Crippen MR) is 53.1 cm³/mol. The number of aromatic nitrogens is 2. The van der Waals surface area contributed by atoms with Gasteiger partial charge in [-0.25, -0.2) is 4.79 Å². The van der Waals surface area contributed by atoms with E-state index in [9.17, 15) is 9.59 Å². The molecule has 1 heterocycles. The molecule has 1 aromatic heterocycles. The monoisotopic (exact) mass is 197 g/mol. The molecule has 1 rings (SSSR count). The van der Waals surface area contributed by atoms with Crippen molar-refractivity contribution in [1.29, 1.82) is 0 Å². The third kappa shape index (κ3) is 2.04. The van der Waals surface area contributed by atoms with Crippen LogP contribution in [0.3, 0.4) is 0 Å². The van der Waals surface area contributed by atoms with Gasteiger partial charge >= 0.3 is 5.69 Å². The Morgan fingerprint density at radius 2 is 2.14 bits per heavy atom. The standard InChI is InChI=1S/C9H15N3O2/c1-7(2)12-5-4-11(9(12)14)6-8(13)10-3/h4-5,7H,6H2,1-3H3,(H,10,13). The van der Waals surface area contributed by atoms with Gasteiger partial charge in [-0.05, 0) is 13.8 Å². The number of hydrogen-bond donors (Lipinski definition) is 1. The van der Waals surface area contributed by atoms with Gasteiger partial charge < -0.3 is 5.32 Å². The highest BCUT2D eigenvalue weighted by Crippen LogP contribution is 1.98. The maximum Gasteiger partial charge on any atom is 0.328 e. The SMILES string of the molecule is CNC(=O)Cn1ccn(C(C)C)c1=O. The van der Waals surface area contributed by atoms with Crippen LogP contribution in [0.2, 0.25) is 0 Å². The van der Waals surface area contributed by atoms with Crippen LogP contribution < -0.4 is 11.0 Å². The average Bonchev–Trinajstić information content (AvgIpc) is 2.48. The summed E-state index contributed by atoms with van der Waals surface area (Å²) in [5.41, 5.74) is -0.149. The van der Waals surface area contributed by atoms with Crippen molar-refractivity contribution in [2.45, 2.75) is 26.4 Å². The van der Waals surface area contributed by atoms with Crippen molar-refractivity contribution in [1.82, 2.24) is 14.5 Å². The summed E-state index contributed by atoms with van der Waals surface area (Å²) in [6.07, 6.45) is 3.31. The molecular formula is C9H15N3O2. The molecule has 0 aliphatic rings. The number of imidazole rings is 1. The first kappa shape index (κ1) is 10.6. The molecule has 1 amide bonds. The molecule has 0 radical (unpaired) electrons. The van der Waals surface area contributed by atoms with Gasteiger partial charge in [-0.3, -0.25) is 13.9 Å². The summed E-state index contributed by atoms with van der Waals surface area (Å²) < 4.78 is 2.97. The van der Waals surface area contributed by atoms with E-state index in [0.717, 1.165) is 0 Å². The summed E-state index contributed by atoms with van der Waals surface area (Å²) in [5.74, 6) is -0.173. The molecule has 0 saturated carbocycles. The predicted octanol–water partition coefficient (Wildman–Crippen LogP) is -0.0233. The van der Waals surface area contributed by atoms with Gasteiger partial charge in [-0.15, -0.1) is 0 Å². The number of rotatable bonds is 3. The molecule has 1 aromatic rings. The molecule has 0 saturated heterocycles. The Morgan fingerprint density at radius 3 is 2.57 bits per heavy atom. The molecule has 0 aliphatic heterocycles. The van der Waals surface area contributed by atoms with E-state index in [2.05, 4.69) is 5.32 Å². The van der Waals surface area contributed by atoms with E-state index in [1.807, 2.05) is 13.8 Å². The molecule has 5 heteroatoms. The van der Waals surface area contributed by atoms with Crippen LogP contribution in [0.5, 0.6) is 0 Å². The molecule has 0 atom stereocenters. The lowest BCUT2D eigenvalue weighted by Crippen LogP contribution is -2.31. The Balaban J connectivity index is 2.91. The van der Waals surface area contributed by atoms with Crippen molar-refractivity contribution in [3.63, 3.8) is 0 Å². The molecule has 1 N–H and O–H groups in total. The van der Waals surface area contributed by atoms with Gasteiger partial charge in [0.25, 0.3) is 0 Å². The van der Waals surface area contributed by atoms with Gasteiger partial charge in [0.05, 0.1) is 0 Å². The summed E-state index contributed by atoms with van der Waals surface area (Å²) in [4.78, 5) is 22.6. The smallest absolute Gasteiger partial charge is 0.328 e. The van der Waals surface area contributed by atoms with Crippen LogP contribution in [0.25, 0.3) is 0 Å². The summed E-state index contributed by atoms with van der Waals surface area (Å²) in [6.45, 7) is 3.92. The molecule has 0 aliphatic carbocycles. The first-order valence-corrected chi connectivity index (χ1v) is 4.54.